The highest BCUT2D eigenvalue weighted by Crippen LogP contribution is 2.33. The number of carbonyl (C=O) groups is 1. The SMILES string of the molecule is Cc1ccc(N=C2S/C(=C/c3cccc(O)c3)C(=O)N2C)cc1C. The van der Waals surface area contributed by atoms with Crippen LogP contribution >= 0.6 is 11.8 Å². The molecule has 1 fully saturated rings. The lowest BCUT2D eigenvalue weighted by atomic mass is 10.1. The average Bonchev–Trinajstić information content (AvgIpc) is 2.79. The Balaban J connectivity index is 1.91. The Morgan fingerprint density at radius 1 is 1.12 bits per heavy atom. The summed E-state index contributed by atoms with van der Waals surface area (Å²) in [7, 11) is 1.72. The van der Waals surface area contributed by atoms with Gasteiger partial charge in [-0.05, 0) is 72.6 Å². The molecule has 1 N–H and O–H groups in total. The summed E-state index contributed by atoms with van der Waals surface area (Å²) in [5.74, 6) is 0.0862. The number of aryl methyl sites for hydroxylation is 2. The van der Waals surface area contributed by atoms with E-state index in [1.165, 1.54) is 22.9 Å². The number of phenols is 1. The zero-order valence-corrected chi connectivity index (χ0v) is 14.6. The minimum absolute atomic E-state index is 0.0917. The molecule has 0 aliphatic carbocycles. The monoisotopic (exact) mass is 338 g/mol. The third kappa shape index (κ3) is 3.36. The van der Waals surface area contributed by atoms with E-state index < -0.39 is 0 Å². The van der Waals surface area contributed by atoms with E-state index in [1.807, 2.05) is 31.2 Å². The van der Waals surface area contributed by atoms with Crippen LogP contribution in [0, 0.1) is 13.8 Å². The Hall–Kier alpha value is -2.53. The van der Waals surface area contributed by atoms with Crippen molar-refractivity contribution in [2.45, 2.75) is 13.8 Å². The summed E-state index contributed by atoms with van der Waals surface area (Å²) in [6.07, 6.45) is 1.77. The molecule has 3 rings (SSSR count). The molecule has 0 saturated carbocycles. The van der Waals surface area contributed by atoms with Gasteiger partial charge in [0, 0.05) is 7.05 Å². The molecule has 1 amide bonds. The molecule has 0 radical (unpaired) electrons. The lowest BCUT2D eigenvalue weighted by molar-refractivity contribution is -0.121. The third-order valence-electron chi connectivity index (χ3n) is 3.89. The second kappa shape index (κ2) is 6.53. The number of thioether (sulfide) groups is 1. The first-order chi connectivity index (χ1) is 11.4. The predicted molar refractivity (Wildman–Crippen MR) is 99.5 cm³/mol. The predicted octanol–water partition coefficient (Wildman–Crippen LogP) is 4.24. The number of aliphatic imine (C=N–C) groups is 1. The van der Waals surface area contributed by atoms with E-state index in [4.69, 9.17) is 0 Å². The van der Waals surface area contributed by atoms with Crippen LogP contribution in [-0.4, -0.2) is 28.1 Å². The second-order valence-electron chi connectivity index (χ2n) is 5.73. The molecule has 1 heterocycles. The van der Waals surface area contributed by atoms with Gasteiger partial charge in [-0.1, -0.05) is 18.2 Å². The van der Waals surface area contributed by atoms with Crippen LogP contribution < -0.4 is 0 Å². The largest absolute Gasteiger partial charge is 0.508 e. The minimum Gasteiger partial charge on any atom is -0.508 e. The van der Waals surface area contributed by atoms with Gasteiger partial charge in [-0.25, -0.2) is 4.99 Å². The van der Waals surface area contributed by atoms with Crippen molar-refractivity contribution in [3.63, 3.8) is 0 Å². The summed E-state index contributed by atoms with van der Waals surface area (Å²) in [6.45, 7) is 4.10. The van der Waals surface area contributed by atoms with Crippen molar-refractivity contribution in [1.29, 1.82) is 0 Å². The first kappa shape index (κ1) is 16.3. The highest BCUT2D eigenvalue weighted by Gasteiger charge is 2.30. The van der Waals surface area contributed by atoms with Crippen LogP contribution in [0.1, 0.15) is 16.7 Å². The topological polar surface area (TPSA) is 52.9 Å². The van der Waals surface area contributed by atoms with Crippen LogP contribution in [-0.2, 0) is 4.79 Å². The van der Waals surface area contributed by atoms with Crippen LogP contribution in [0.3, 0.4) is 0 Å². The van der Waals surface area contributed by atoms with Gasteiger partial charge in [0.2, 0.25) is 0 Å². The molecule has 122 valence electrons. The van der Waals surface area contributed by atoms with Gasteiger partial charge in [-0.3, -0.25) is 9.69 Å². The molecular weight excluding hydrogens is 320 g/mol. The van der Waals surface area contributed by atoms with Gasteiger partial charge >= 0.3 is 0 Å². The molecule has 1 aliphatic rings. The van der Waals surface area contributed by atoms with Gasteiger partial charge < -0.3 is 5.11 Å². The summed E-state index contributed by atoms with van der Waals surface area (Å²) in [6, 6.07) is 12.8. The molecule has 0 unspecified atom stereocenters. The van der Waals surface area contributed by atoms with E-state index in [-0.39, 0.29) is 11.7 Å². The molecule has 5 heteroatoms. The maximum absolute atomic E-state index is 12.4. The zero-order valence-electron chi connectivity index (χ0n) is 13.8. The molecule has 24 heavy (non-hydrogen) atoms. The van der Waals surface area contributed by atoms with Crippen molar-refractivity contribution in [2.24, 2.45) is 4.99 Å². The van der Waals surface area contributed by atoms with Gasteiger partial charge in [0.25, 0.3) is 5.91 Å². The van der Waals surface area contributed by atoms with Crippen LogP contribution in [0.15, 0.2) is 52.4 Å². The number of aromatic hydroxyl groups is 1. The Labute approximate surface area is 145 Å². The normalized spacial score (nSPS) is 18.0. The van der Waals surface area contributed by atoms with E-state index in [0.717, 1.165) is 11.3 Å². The average molecular weight is 338 g/mol. The number of hydrogen-bond acceptors (Lipinski definition) is 4. The van der Waals surface area contributed by atoms with Crippen molar-refractivity contribution in [3.05, 3.63) is 64.1 Å². The quantitative estimate of drug-likeness (QED) is 0.833. The molecule has 1 aliphatic heterocycles. The van der Waals surface area contributed by atoms with Crippen molar-refractivity contribution < 1.29 is 9.90 Å². The standard InChI is InChI=1S/C19H18N2O2S/c1-12-7-8-15(9-13(12)2)20-19-21(3)18(23)17(24-19)11-14-5-4-6-16(22)10-14/h4-11,22H,1-3H3/b17-11+,20-19?. The summed E-state index contributed by atoms with van der Waals surface area (Å²) in [4.78, 5) is 19.1. The van der Waals surface area contributed by atoms with E-state index in [2.05, 4.69) is 11.9 Å². The van der Waals surface area contributed by atoms with Crippen LogP contribution in [0.2, 0.25) is 0 Å². The fraction of sp³-hybridized carbons (Fsp3) is 0.158. The summed E-state index contributed by atoms with van der Waals surface area (Å²) < 4.78 is 0. The van der Waals surface area contributed by atoms with Crippen molar-refractivity contribution in [1.82, 2.24) is 4.90 Å². The second-order valence-corrected chi connectivity index (χ2v) is 6.74. The number of carbonyl (C=O) groups excluding carboxylic acids is 1. The van der Waals surface area contributed by atoms with Crippen molar-refractivity contribution in [2.75, 3.05) is 7.05 Å². The van der Waals surface area contributed by atoms with E-state index in [1.54, 1.807) is 36.2 Å². The maximum Gasteiger partial charge on any atom is 0.266 e. The van der Waals surface area contributed by atoms with Crippen molar-refractivity contribution in [3.8, 4) is 5.75 Å². The summed E-state index contributed by atoms with van der Waals surface area (Å²) in [5.41, 5.74) is 4.00. The molecule has 4 nitrogen and oxygen atoms in total. The zero-order chi connectivity index (χ0) is 17.3. The minimum atomic E-state index is -0.0917. The lowest BCUT2D eigenvalue weighted by Crippen LogP contribution is -2.23. The number of benzene rings is 2. The highest BCUT2D eigenvalue weighted by molar-refractivity contribution is 8.18. The molecule has 0 atom stereocenters. The third-order valence-corrected chi connectivity index (χ3v) is 4.95. The Kier molecular flexibility index (Phi) is 4.44. The molecule has 2 aromatic rings. The number of phenolic OH excluding ortho intramolecular Hbond substituents is 1. The molecule has 0 bridgehead atoms. The van der Waals surface area contributed by atoms with Crippen LogP contribution in [0.25, 0.3) is 6.08 Å². The molecule has 0 spiro atoms. The first-order valence-corrected chi connectivity index (χ1v) is 8.38. The van der Waals surface area contributed by atoms with Gasteiger partial charge in [-0.2, -0.15) is 0 Å². The smallest absolute Gasteiger partial charge is 0.266 e. The Morgan fingerprint density at radius 2 is 1.92 bits per heavy atom. The number of amidine groups is 1. The maximum atomic E-state index is 12.4. The number of likely N-dealkylation sites (N-methyl/N-ethyl adjacent to an activating group) is 1. The van der Waals surface area contributed by atoms with Crippen molar-refractivity contribution >= 4 is 34.6 Å². The van der Waals surface area contributed by atoms with E-state index >= 15 is 0 Å². The number of amides is 1. The number of rotatable bonds is 2. The fourth-order valence-corrected chi connectivity index (χ4v) is 3.31. The first-order valence-electron chi connectivity index (χ1n) is 7.56. The highest BCUT2D eigenvalue weighted by atomic mass is 32.2. The van der Waals surface area contributed by atoms with Gasteiger partial charge in [0.1, 0.15) is 5.75 Å². The Morgan fingerprint density at radius 3 is 2.62 bits per heavy atom. The summed E-state index contributed by atoms with van der Waals surface area (Å²) in [5, 5.41) is 10.2. The van der Waals surface area contributed by atoms with Crippen LogP contribution in [0.4, 0.5) is 5.69 Å². The van der Waals surface area contributed by atoms with Gasteiger partial charge in [-0.15, -0.1) is 0 Å². The number of hydrogen-bond donors (Lipinski definition) is 1. The fourth-order valence-electron chi connectivity index (χ4n) is 2.32. The summed E-state index contributed by atoms with van der Waals surface area (Å²) >= 11 is 1.34. The lowest BCUT2D eigenvalue weighted by Gasteiger charge is -2.08. The Bertz CT molecular complexity index is 871. The molecule has 2 aromatic carbocycles. The number of nitrogens with zero attached hydrogens (tertiary/aromatic N) is 2. The van der Waals surface area contributed by atoms with E-state index in [9.17, 15) is 9.90 Å². The molecular formula is C19H18N2O2S. The van der Waals surface area contributed by atoms with Crippen LogP contribution in [0.5, 0.6) is 5.75 Å². The molecule has 0 aromatic heterocycles. The molecule has 1 saturated heterocycles. The van der Waals surface area contributed by atoms with Gasteiger partial charge in [0.15, 0.2) is 5.17 Å². The van der Waals surface area contributed by atoms with E-state index in [0.29, 0.717) is 10.1 Å². The van der Waals surface area contributed by atoms with Gasteiger partial charge in [0.05, 0.1) is 10.6 Å².